The molecule has 62 valence electrons. The fourth-order valence-electron chi connectivity index (χ4n) is 0.857. The number of aliphatic carboxylic acids is 1. The van der Waals surface area contributed by atoms with Gasteiger partial charge in [-0.1, -0.05) is 5.16 Å². The Bertz CT molecular complexity index is 190. The van der Waals surface area contributed by atoms with Crippen LogP contribution in [0.4, 0.5) is 0 Å². The van der Waals surface area contributed by atoms with Crippen molar-refractivity contribution in [2.24, 2.45) is 5.16 Å². The number of carbonyl (C=O) groups is 1. The average Bonchev–Trinajstić information content (AvgIpc) is 2.35. The molecule has 0 saturated carbocycles. The Hall–Kier alpha value is -1.26. The number of nitrogens with zero attached hydrogens (tertiary/aromatic N) is 2. The maximum absolute atomic E-state index is 10.2. The summed E-state index contributed by atoms with van der Waals surface area (Å²) in [5.74, 6) is -0.158. The summed E-state index contributed by atoms with van der Waals surface area (Å²) in [6.45, 7) is 0.529. The van der Waals surface area contributed by atoms with Crippen molar-refractivity contribution in [2.45, 2.75) is 6.42 Å². The van der Waals surface area contributed by atoms with Gasteiger partial charge in [-0.2, -0.15) is 0 Å². The summed E-state index contributed by atoms with van der Waals surface area (Å²) in [5.41, 5.74) is 0. The topological polar surface area (TPSA) is 62.1 Å². The molecule has 0 aliphatic carbocycles. The SMILES string of the molecule is CN(CC(=O)O)C1=NOCC1. The highest BCUT2D eigenvalue weighted by Gasteiger charge is 2.14. The van der Waals surface area contributed by atoms with Gasteiger partial charge in [0.05, 0.1) is 0 Å². The first kappa shape index (κ1) is 7.84. The third kappa shape index (κ3) is 2.10. The van der Waals surface area contributed by atoms with Gasteiger partial charge < -0.3 is 14.8 Å². The van der Waals surface area contributed by atoms with Crippen LogP contribution in [-0.2, 0) is 9.63 Å². The van der Waals surface area contributed by atoms with Crippen molar-refractivity contribution in [1.82, 2.24) is 4.90 Å². The van der Waals surface area contributed by atoms with E-state index in [1.165, 1.54) is 0 Å². The standard InChI is InChI=1S/C6H10N2O3/c1-8(4-6(9)10)5-2-3-11-7-5/h2-4H2,1H3,(H,9,10). The predicted molar refractivity (Wildman–Crippen MR) is 38.3 cm³/mol. The summed E-state index contributed by atoms with van der Waals surface area (Å²) >= 11 is 0. The van der Waals surface area contributed by atoms with Crippen LogP contribution in [0.5, 0.6) is 0 Å². The van der Waals surface area contributed by atoms with Crippen LogP contribution in [-0.4, -0.2) is 42.0 Å². The van der Waals surface area contributed by atoms with Gasteiger partial charge in [0, 0.05) is 13.5 Å². The highest BCUT2D eigenvalue weighted by Crippen LogP contribution is 2.02. The summed E-state index contributed by atoms with van der Waals surface area (Å²) in [7, 11) is 1.68. The van der Waals surface area contributed by atoms with E-state index in [9.17, 15) is 4.79 Å². The molecule has 0 unspecified atom stereocenters. The first-order chi connectivity index (χ1) is 5.20. The average molecular weight is 158 g/mol. The van der Waals surface area contributed by atoms with Gasteiger partial charge in [0.25, 0.3) is 0 Å². The van der Waals surface area contributed by atoms with E-state index in [1.807, 2.05) is 0 Å². The minimum Gasteiger partial charge on any atom is -0.480 e. The molecule has 1 aliphatic heterocycles. The molecule has 0 radical (unpaired) electrons. The summed E-state index contributed by atoms with van der Waals surface area (Å²) in [6.07, 6.45) is 0.698. The normalized spacial score (nSPS) is 15.5. The molecule has 0 aromatic carbocycles. The zero-order valence-electron chi connectivity index (χ0n) is 6.28. The fraction of sp³-hybridized carbons (Fsp3) is 0.667. The Morgan fingerprint density at radius 1 is 1.91 bits per heavy atom. The summed E-state index contributed by atoms with van der Waals surface area (Å²) in [4.78, 5) is 16.5. The molecule has 0 bridgehead atoms. The minimum atomic E-state index is -0.859. The van der Waals surface area contributed by atoms with E-state index in [1.54, 1.807) is 11.9 Å². The molecule has 0 aromatic heterocycles. The third-order valence-electron chi connectivity index (χ3n) is 1.40. The van der Waals surface area contributed by atoms with E-state index in [2.05, 4.69) is 5.16 Å². The Morgan fingerprint density at radius 3 is 3.09 bits per heavy atom. The zero-order chi connectivity index (χ0) is 8.27. The van der Waals surface area contributed by atoms with Crippen LogP contribution < -0.4 is 0 Å². The summed E-state index contributed by atoms with van der Waals surface area (Å²) in [6, 6.07) is 0. The molecule has 0 fully saturated rings. The number of amidine groups is 1. The number of hydrogen-bond donors (Lipinski definition) is 1. The third-order valence-corrected chi connectivity index (χ3v) is 1.40. The van der Waals surface area contributed by atoms with Gasteiger partial charge in [-0.05, 0) is 0 Å². The molecule has 0 spiro atoms. The highest BCUT2D eigenvalue weighted by molar-refractivity contribution is 5.85. The molecular formula is C6H10N2O3. The molecule has 0 aromatic rings. The van der Waals surface area contributed by atoms with Crippen molar-refractivity contribution >= 4 is 11.8 Å². The quantitative estimate of drug-likeness (QED) is 0.601. The summed E-state index contributed by atoms with van der Waals surface area (Å²) in [5, 5.41) is 12.1. The van der Waals surface area contributed by atoms with E-state index in [0.29, 0.717) is 18.9 Å². The Kier molecular flexibility index (Phi) is 2.30. The number of carboxylic acid groups (broad SMARTS) is 1. The molecular weight excluding hydrogens is 148 g/mol. The lowest BCUT2D eigenvalue weighted by atomic mass is 10.4. The smallest absolute Gasteiger partial charge is 0.323 e. The molecule has 1 N–H and O–H groups in total. The van der Waals surface area contributed by atoms with Gasteiger partial charge in [0.2, 0.25) is 0 Å². The Balaban J connectivity index is 2.40. The molecule has 5 heteroatoms. The van der Waals surface area contributed by atoms with Crippen LogP contribution >= 0.6 is 0 Å². The highest BCUT2D eigenvalue weighted by atomic mass is 16.6. The van der Waals surface area contributed by atoms with Crippen LogP contribution in [0.3, 0.4) is 0 Å². The van der Waals surface area contributed by atoms with Gasteiger partial charge in [0.15, 0.2) is 0 Å². The second-order valence-corrected chi connectivity index (χ2v) is 2.34. The molecule has 0 saturated heterocycles. The van der Waals surface area contributed by atoms with Crippen molar-refractivity contribution in [1.29, 1.82) is 0 Å². The molecule has 0 atom stereocenters. The Labute approximate surface area is 64.2 Å². The van der Waals surface area contributed by atoms with Gasteiger partial charge in [-0.3, -0.25) is 4.79 Å². The minimum absolute atomic E-state index is 0.0256. The second-order valence-electron chi connectivity index (χ2n) is 2.34. The van der Waals surface area contributed by atoms with Crippen molar-refractivity contribution in [3.8, 4) is 0 Å². The van der Waals surface area contributed by atoms with Crippen molar-refractivity contribution in [2.75, 3.05) is 20.2 Å². The fourth-order valence-corrected chi connectivity index (χ4v) is 0.857. The second kappa shape index (κ2) is 3.23. The van der Waals surface area contributed by atoms with Gasteiger partial charge in [-0.15, -0.1) is 0 Å². The van der Waals surface area contributed by atoms with Crippen LogP contribution in [0.15, 0.2) is 5.16 Å². The number of oxime groups is 1. The molecule has 0 amide bonds. The molecule has 11 heavy (non-hydrogen) atoms. The first-order valence-electron chi connectivity index (χ1n) is 3.32. The lowest BCUT2D eigenvalue weighted by Gasteiger charge is -2.13. The molecule has 1 rings (SSSR count). The molecule has 1 heterocycles. The van der Waals surface area contributed by atoms with E-state index in [-0.39, 0.29) is 6.54 Å². The van der Waals surface area contributed by atoms with Crippen LogP contribution in [0, 0.1) is 0 Å². The van der Waals surface area contributed by atoms with E-state index < -0.39 is 5.97 Å². The monoisotopic (exact) mass is 158 g/mol. The first-order valence-corrected chi connectivity index (χ1v) is 3.32. The predicted octanol–water partition coefficient (Wildman–Crippen LogP) is -0.263. The van der Waals surface area contributed by atoms with Crippen molar-refractivity contribution in [3.63, 3.8) is 0 Å². The Morgan fingerprint density at radius 2 is 2.64 bits per heavy atom. The number of hydrogen-bond acceptors (Lipinski definition) is 4. The van der Waals surface area contributed by atoms with Crippen LogP contribution in [0.1, 0.15) is 6.42 Å². The molecule has 1 aliphatic rings. The zero-order valence-corrected chi connectivity index (χ0v) is 6.28. The largest absolute Gasteiger partial charge is 0.480 e. The van der Waals surface area contributed by atoms with E-state index in [4.69, 9.17) is 9.94 Å². The number of likely N-dealkylation sites (N-methyl/N-ethyl adjacent to an activating group) is 1. The van der Waals surface area contributed by atoms with E-state index >= 15 is 0 Å². The maximum Gasteiger partial charge on any atom is 0.323 e. The van der Waals surface area contributed by atoms with Crippen molar-refractivity contribution < 1.29 is 14.7 Å². The van der Waals surface area contributed by atoms with Crippen molar-refractivity contribution in [3.05, 3.63) is 0 Å². The van der Waals surface area contributed by atoms with Gasteiger partial charge >= 0.3 is 5.97 Å². The van der Waals surface area contributed by atoms with Crippen LogP contribution in [0.25, 0.3) is 0 Å². The maximum atomic E-state index is 10.2. The van der Waals surface area contributed by atoms with Gasteiger partial charge in [-0.25, -0.2) is 0 Å². The number of carboxylic acids is 1. The van der Waals surface area contributed by atoms with E-state index in [0.717, 1.165) is 0 Å². The van der Waals surface area contributed by atoms with Gasteiger partial charge in [0.1, 0.15) is 19.0 Å². The lowest BCUT2D eigenvalue weighted by molar-refractivity contribution is -0.137. The summed E-state index contributed by atoms with van der Waals surface area (Å²) < 4.78 is 0. The number of rotatable bonds is 2. The van der Waals surface area contributed by atoms with Crippen LogP contribution in [0.2, 0.25) is 0 Å². The lowest BCUT2D eigenvalue weighted by Crippen LogP contribution is -2.30. The molecule has 5 nitrogen and oxygen atoms in total.